The van der Waals surface area contributed by atoms with Crippen molar-refractivity contribution in [2.45, 2.75) is 17.9 Å². The van der Waals surface area contributed by atoms with Crippen molar-refractivity contribution in [1.82, 2.24) is 0 Å². The highest BCUT2D eigenvalue weighted by atomic mass is 32.2. The zero-order valence-electron chi connectivity index (χ0n) is 6.62. The predicted octanol–water partition coefficient (Wildman–Crippen LogP) is 2.33. The van der Waals surface area contributed by atoms with E-state index < -0.39 is 0 Å². The summed E-state index contributed by atoms with van der Waals surface area (Å²) in [5.74, 6) is 1.11. The van der Waals surface area contributed by atoms with Crippen LogP contribution in [0.1, 0.15) is 11.8 Å². The van der Waals surface area contributed by atoms with E-state index in [0.717, 1.165) is 12.3 Å². The topological polar surface area (TPSA) is 26.0 Å². The molecule has 11 heavy (non-hydrogen) atoms. The number of hydrogen-bond donors (Lipinski definition) is 1. The van der Waals surface area contributed by atoms with Crippen molar-refractivity contribution in [3.63, 3.8) is 0 Å². The van der Waals surface area contributed by atoms with E-state index >= 15 is 0 Å². The Morgan fingerprint density at radius 3 is 3.09 bits per heavy atom. The highest BCUT2D eigenvalue weighted by Crippen LogP contribution is 2.19. The van der Waals surface area contributed by atoms with Crippen LogP contribution in [0, 0.1) is 0 Å². The molecule has 1 aromatic heterocycles. The molecule has 0 radical (unpaired) electrons. The van der Waals surface area contributed by atoms with Crippen molar-refractivity contribution in [1.29, 1.82) is 0 Å². The number of rotatable bonds is 4. The van der Waals surface area contributed by atoms with Gasteiger partial charge in [0.15, 0.2) is 0 Å². The summed E-state index contributed by atoms with van der Waals surface area (Å²) in [7, 11) is 0. The van der Waals surface area contributed by atoms with Gasteiger partial charge in [-0.05, 0) is 11.4 Å². The second-order valence-electron chi connectivity index (χ2n) is 2.44. The Morgan fingerprint density at radius 2 is 2.55 bits per heavy atom. The Morgan fingerprint density at radius 1 is 1.73 bits per heavy atom. The van der Waals surface area contributed by atoms with Crippen LogP contribution in [0.5, 0.6) is 0 Å². The van der Waals surface area contributed by atoms with Crippen LogP contribution in [-0.2, 0) is 5.75 Å². The molecular weight excluding hydrogens is 174 g/mol. The zero-order valence-corrected chi connectivity index (χ0v) is 8.25. The van der Waals surface area contributed by atoms with Gasteiger partial charge in [0.1, 0.15) is 0 Å². The minimum atomic E-state index is 0.581. The van der Waals surface area contributed by atoms with E-state index in [1.807, 2.05) is 23.1 Å². The van der Waals surface area contributed by atoms with E-state index in [1.165, 1.54) is 4.88 Å². The van der Waals surface area contributed by atoms with E-state index in [0.29, 0.717) is 5.25 Å². The molecule has 1 heterocycles. The highest BCUT2D eigenvalue weighted by molar-refractivity contribution is 7.99. The normalized spacial score (nSPS) is 13.3. The summed E-state index contributed by atoms with van der Waals surface area (Å²) in [6.07, 6.45) is 0. The Labute approximate surface area is 76.0 Å². The Kier molecular flexibility index (Phi) is 3.97. The van der Waals surface area contributed by atoms with Crippen molar-refractivity contribution in [2.24, 2.45) is 5.73 Å². The summed E-state index contributed by atoms with van der Waals surface area (Å²) in [5.41, 5.74) is 5.49. The number of nitrogens with two attached hydrogens (primary N) is 1. The van der Waals surface area contributed by atoms with E-state index in [1.54, 1.807) is 0 Å². The third-order valence-corrected chi connectivity index (χ3v) is 3.72. The SMILES string of the molecule is CC(CN)SCc1cccs1. The van der Waals surface area contributed by atoms with Gasteiger partial charge in [0.25, 0.3) is 0 Å². The molecular formula is C8H13NS2. The number of thioether (sulfide) groups is 1. The van der Waals surface area contributed by atoms with Crippen LogP contribution in [0.4, 0.5) is 0 Å². The average molecular weight is 187 g/mol. The van der Waals surface area contributed by atoms with Gasteiger partial charge in [0, 0.05) is 22.4 Å². The predicted molar refractivity (Wildman–Crippen MR) is 54.1 cm³/mol. The highest BCUT2D eigenvalue weighted by Gasteiger charge is 1.99. The second kappa shape index (κ2) is 4.80. The van der Waals surface area contributed by atoms with Crippen LogP contribution in [0.2, 0.25) is 0 Å². The van der Waals surface area contributed by atoms with Crippen LogP contribution in [0.25, 0.3) is 0 Å². The van der Waals surface area contributed by atoms with Crippen molar-refractivity contribution >= 4 is 23.1 Å². The van der Waals surface area contributed by atoms with Gasteiger partial charge < -0.3 is 5.73 Å². The third kappa shape index (κ3) is 3.27. The Hall–Kier alpha value is 0.01000. The molecule has 62 valence electrons. The monoisotopic (exact) mass is 187 g/mol. The van der Waals surface area contributed by atoms with Gasteiger partial charge in [-0.25, -0.2) is 0 Å². The van der Waals surface area contributed by atoms with Crippen LogP contribution in [-0.4, -0.2) is 11.8 Å². The lowest BCUT2D eigenvalue weighted by Gasteiger charge is -2.05. The van der Waals surface area contributed by atoms with Gasteiger partial charge in [-0.1, -0.05) is 13.0 Å². The van der Waals surface area contributed by atoms with Crippen LogP contribution in [0.15, 0.2) is 17.5 Å². The lowest BCUT2D eigenvalue weighted by molar-refractivity contribution is 0.951. The van der Waals surface area contributed by atoms with Gasteiger partial charge in [-0.2, -0.15) is 11.8 Å². The molecule has 0 saturated heterocycles. The summed E-state index contributed by atoms with van der Waals surface area (Å²) in [6, 6.07) is 4.26. The second-order valence-corrected chi connectivity index (χ2v) is 4.90. The minimum absolute atomic E-state index is 0.581. The third-order valence-electron chi connectivity index (χ3n) is 1.42. The first kappa shape index (κ1) is 9.10. The molecule has 0 fully saturated rings. The first-order chi connectivity index (χ1) is 5.33. The van der Waals surface area contributed by atoms with Crippen LogP contribution < -0.4 is 5.73 Å². The van der Waals surface area contributed by atoms with Crippen molar-refractivity contribution in [2.75, 3.05) is 6.54 Å². The number of hydrogen-bond acceptors (Lipinski definition) is 3. The first-order valence-corrected chi connectivity index (χ1v) is 5.60. The molecule has 2 N–H and O–H groups in total. The fourth-order valence-electron chi connectivity index (χ4n) is 0.687. The molecule has 0 spiro atoms. The van der Waals surface area contributed by atoms with E-state index in [-0.39, 0.29) is 0 Å². The maximum atomic E-state index is 5.49. The molecule has 0 aliphatic carbocycles. The molecule has 0 aliphatic rings. The van der Waals surface area contributed by atoms with Gasteiger partial charge in [0.05, 0.1) is 0 Å². The number of thiophene rings is 1. The van der Waals surface area contributed by atoms with Crippen LogP contribution in [0.3, 0.4) is 0 Å². The molecule has 1 unspecified atom stereocenters. The minimum Gasteiger partial charge on any atom is -0.329 e. The van der Waals surface area contributed by atoms with Gasteiger partial charge in [-0.3, -0.25) is 0 Å². The lowest BCUT2D eigenvalue weighted by Crippen LogP contribution is -2.12. The summed E-state index contributed by atoms with van der Waals surface area (Å²) >= 11 is 3.73. The maximum absolute atomic E-state index is 5.49. The molecule has 1 atom stereocenters. The molecule has 1 aromatic rings. The van der Waals surface area contributed by atoms with Gasteiger partial charge in [-0.15, -0.1) is 11.3 Å². The molecule has 0 saturated carbocycles. The Bertz CT molecular complexity index is 184. The molecule has 1 nitrogen and oxygen atoms in total. The quantitative estimate of drug-likeness (QED) is 0.783. The maximum Gasteiger partial charge on any atom is 0.0282 e. The van der Waals surface area contributed by atoms with Crippen molar-refractivity contribution in [3.05, 3.63) is 22.4 Å². The Balaban J connectivity index is 2.23. The van der Waals surface area contributed by atoms with Crippen LogP contribution >= 0.6 is 23.1 Å². The van der Waals surface area contributed by atoms with Crippen molar-refractivity contribution in [3.8, 4) is 0 Å². The first-order valence-electron chi connectivity index (χ1n) is 3.67. The standard InChI is InChI=1S/C8H13NS2/c1-7(5-9)11-6-8-3-2-4-10-8/h2-4,7H,5-6,9H2,1H3. The lowest BCUT2D eigenvalue weighted by atomic mass is 10.5. The summed E-state index contributed by atoms with van der Waals surface area (Å²) in [6.45, 7) is 2.94. The zero-order chi connectivity index (χ0) is 8.10. The largest absolute Gasteiger partial charge is 0.329 e. The summed E-state index contributed by atoms with van der Waals surface area (Å²) < 4.78 is 0. The van der Waals surface area contributed by atoms with E-state index in [9.17, 15) is 0 Å². The van der Waals surface area contributed by atoms with E-state index in [2.05, 4.69) is 24.4 Å². The smallest absolute Gasteiger partial charge is 0.0282 e. The molecule has 0 aromatic carbocycles. The van der Waals surface area contributed by atoms with Crippen molar-refractivity contribution < 1.29 is 0 Å². The summed E-state index contributed by atoms with van der Waals surface area (Å²) in [4.78, 5) is 1.44. The van der Waals surface area contributed by atoms with Gasteiger partial charge >= 0.3 is 0 Å². The molecule has 1 rings (SSSR count). The molecule has 0 aliphatic heterocycles. The molecule has 0 amide bonds. The molecule has 3 heteroatoms. The molecule has 0 bridgehead atoms. The fraction of sp³-hybridized carbons (Fsp3) is 0.500. The average Bonchev–Trinajstić information content (AvgIpc) is 2.52. The van der Waals surface area contributed by atoms with Gasteiger partial charge in [0.2, 0.25) is 0 Å². The fourth-order valence-corrected chi connectivity index (χ4v) is 2.33. The van der Waals surface area contributed by atoms with E-state index in [4.69, 9.17) is 5.73 Å². The summed E-state index contributed by atoms with van der Waals surface area (Å²) in [5, 5.41) is 2.69.